The van der Waals surface area contributed by atoms with Crippen molar-refractivity contribution in [1.82, 2.24) is 0 Å². The van der Waals surface area contributed by atoms with Gasteiger partial charge in [0.2, 0.25) is 0 Å². The van der Waals surface area contributed by atoms with Gasteiger partial charge in [-0.15, -0.1) is 0 Å². The van der Waals surface area contributed by atoms with E-state index in [0.29, 0.717) is 0 Å². The predicted octanol–water partition coefficient (Wildman–Crippen LogP) is 2.65. The van der Waals surface area contributed by atoms with Crippen LogP contribution in [0.5, 0.6) is 5.75 Å². The van der Waals surface area contributed by atoms with Gasteiger partial charge in [0.15, 0.2) is 0 Å². The number of hydrogen-bond donors (Lipinski definition) is 1. The Morgan fingerprint density at radius 2 is 1.93 bits per heavy atom. The summed E-state index contributed by atoms with van der Waals surface area (Å²) in [5.74, 6) is 0.961. The lowest BCUT2D eigenvalue weighted by Crippen LogP contribution is -2.22. The summed E-state index contributed by atoms with van der Waals surface area (Å²) in [6, 6.07) is 8.18. The van der Waals surface area contributed by atoms with E-state index in [1.165, 1.54) is 18.4 Å². The number of rotatable bonds is 5. The molecule has 1 aromatic carbocycles. The van der Waals surface area contributed by atoms with E-state index in [9.17, 15) is 0 Å². The highest BCUT2D eigenvalue weighted by molar-refractivity contribution is 5.26. The van der Waals surface area contributed by atoms with Crippen molar-refractivity contribution in [3.8, 4) is 5.75 Å². The summed E-state index contributed by atoms with van der Waals surface area (Å²) in [4.78, 5) is 0. The molecular weight excluding hydrogens is 186 g/mol. The first-order valence-corrected chi connectivity index (χ1v) is 5.66. The van der Waals surface area contributed by atoms with Crippen LogP contribution in [0.3, 0.4) is 0 Å². The Morgan fingerprint density at radius 1 is 1.27 bits per heavy atom. The van der Waals surface area contributed by atoms with Gasteiger partial charge in [-0.2, -0.15) is 0 Å². The van der Waals surface area contributed by atoms with Crippen molar-refractivity contribution in [2.45, 2.75) is 38.1 Å². The fraction of sp³-hybridized carbons (Fsp3) is 0.538. The highest BCUT2D eigenvalue weighted by Crippen LogP contribution is 2.36. The molecule has 1 fully saturated rings. The Morgan fingerprint density at radius 3 is 2.53 bits per heavy atom. The number of ether oxygens (including phenoxy) is 1. The Labute approximate surface area is 91.4 Å². The van der Waals surface area contributed by atoms with Gasteiger partial charge in [-0.1, -0.05) is 17.7 Å². The summed E-state index contributed by atoms with van der Waals surface area (Å²) in [5.41, 5.74) is 7.42. The maximum atomic E-state index is 5.99. The fourth-order valence-corrected chi connectivity index (χ4v) is 1.66. The van der Waals surface area contributed by atoms with E-state index in [2.05, 4.69) is 19.1 Å². The van der Waals surface area contributed by atoms with Crippen LogP contribution in [-0.4, -0.2) is 12.1 Å². The lowest BCUT2D eigenvalue weighted by atomic mass is 10.1. The van der Waals surface area contributed by atoms with Crippen LogP contribution in [0.1, 0.15) is 31.2 Å². The average molecular weight is 205 g/mol. The molecule has 1 saturated carbocycles. The van der Waals surface area contributed by atoms with E-state index in [1.54, 1.807) is 0 Å². The van der Waals surface area contributed by atoms with Crippen LogP contribution in [0.25, 0.3) is 0 Å². The second-order valence-corrected chi connectivity index (χ2v) is 4.63. The zero-order valence-electron chi connectivity index (χ0n) is 9.33. The second kappa shape index (κ2) is 4.23. The van der Waals surface area contributed by atoms with Crippen molar-refractivity contribution in [1.29, 1.82) is 0 Å². The third-order valence-electron chi connectivity index (χ3n) is 3.00. The maximum Gasteiger partial charge on any atom is 0.119 e. The van der Waals surface area contributed by atoms with Gasteiger partial charge >= 0.3 is 0 Å². The summed E-state index contributed by atoms with van der Waals surface area (Å²) in [5, 5.41) is 0. The quantitative estimate of drug-likeness (QED) is 0.750. The van der Waals surface area contributed by atoms with E-state index in [1.807, 2.05) is 12.1 Å². The zero-order chi connectivity index (χ0) is 10.7. The van der Waals surface area contributed by atoms with Crippen LogP contribution in [-0.2, 0) is 0 Å². The molecule has 2 rings (SSSR count). The fourth-order valence-electron chi connectivity index (χ4n) is 1.66. The topological polar surface area (TPSA) is 35.2 Å². The summed E-state index contributed by atoms with van der Waals surface area (Å²) < 4.78 is 5.63. The van der Waals surface area contributed by atoms with Gasteiger partial charge in [0.25, 0.3) is 0 Å². The average Bonchev–Trinajstić information content (AvgIpc) is 2.95. The lowest BCUT2D eigenvalue weighted by Gasteiger charge is -2.09. The minimum Gasteiger partial charge on any atom is -0.494 e. The smallest absolute Gasteiger partial charge is 0.119 e. The van der Waals surface area contributed by atoms with Crippen LogP contribution in [0, 0.1) is 6.92 Å². The molecule has 2 heteroatoms. The molecule has 2 N–H and O–H groups in total. The van der Waals surface area contributed by atoms with Crippen LogP contribution < -0.4 is 10.5 Å². The van der Waals surface area contributed by atoms with Gasteiger partial charge in [-0.3, -0.25) is 0 Å². The zero-order valence-corrected chi connectivity index (χ0v) is 9.33. The van der Waals surface area contributed by atoms with E-state index < -0.39 is 0 Å². The van der Waals surface area contributed by atoms with Crippen molar-refractivity contribution in [3.05, 3.63) is 29.8 Å². The van der Waals surface area contributed by atoms with Crippen LogP contribution >= 0.6 is 0 Å². The summed E-state index contributed by atoms with van der Waals surface area (Å²) >= 11 is 0. The molecule has 0 amide bonds. The molecule has 82 valence electrons. The molecule has 0 aromatic heterocycles. The van der Waals surface area contributed by atoms with E-state index in [0.717, 1.165) is 25.2 Å². The molecule has 1 aliphatic rings. The van der Waals surface area contributed by atoms with E-state index in [-0.39, 0.29) is 5.54 Å². The molecule has 2 nitrogen and oxygen atoms in total. The first-order chi connectivity index (χ1) is 7.18. The van der Waals surface area contributed by atoms with Gasteiger partial charge in [-0.05, 0) is 44.7 Å². The molecule has 0 bridgehead atoms. The largest absolute Gasteiger partial charge is 0.494 e. The molecule has 0 aliphatic heterocycles. The van der Waals surface area contributed by atoms with Crippen LogP contribution in [0.2, 0.25) is 0 Å². The van der Waals surface area contributed by atoms with Gasteiger partial charge in [0.05, 0.1) is 6.61 Å². The maximum absolute atomic E-state index is 5.99. The number of nitrogens with two attached hydrogens (primary N) is 1. The molecule has 1 aliphatic carbocycles. The van der Waals surface area contributed by atoms with Gasteiger partial charge in [0, 0.05) is 5.54 Å². The molecule has 15 heavy (non-hydrogen) atoms. The minimum atomic E-state index is 0.163. The van der Waals surface area contributed by atoms with Crippen molar-refractivity contribution in [2.24, 2.45) is 5.73 Å². The molecule has 0 spiro atoms. The highest BCUT2D eigenvalue weighted by atomic mass is 16.5. The summed E-state index contributed by atoms with van der Waals surface area (Å²) in [6.07, 6.45) is 4.54. The Balaban J connectivity index is 1.67. The molecule has 0 atom stereocenters. The van der Waals surface area contributed by atoms with Crippen molar-refractivity contribution < 1.29 is 4.74 Å². The Hall–Kier alpha value is -1.02. The first-order valence-electron chi connectivity index (χ1n) is 5.66. The Bertz CT molecular complexity index is 314. The SMILES string of the molecule is Cc1ccc(OCCCC2(N)CC2)cc1. The Kier molecular flexibility index (Phi) is 2.96. The molecule has 0 unspecified atom stereocenters. The van der Waals surface area contributed by atoms with Crippen molar-refractivity contribution in [3.63, 3.8) is 0 Å². The normalized spacial score (nSPS) is 17.5. The highest BCUT2D eigenvalue weighted by Gasteiger charge is 2.37. The number of aryl methyl sites for hydroxylation is 1. The predicted molar refractivity (Wildman–Crippen MR) is 62.1 cm³/mol. The first kappa shape index (κ1) is 10.5. The van der Waals surface area contributed by atoms with Crippen molar-refractivity contribution >= 4 is 0 Å². The molecule has 0 saturated heterocycles. The third kappa shape index (κ3) is 3.24. The number of hydrogen-bond acceptors (Lipinski definition) is 2. The molecule has 0 heterocycles. The van der Waals surface area contributed by atoms with Gasteiger partial charge < -0.3 is 10.5 Å². The van der Waals surface area contributed by atoms with E-state index in [4.69, 9.17) is 10.5 Å². The van der Waals surface area contributed by atoms with Crippen molar-refractivity contribution in [2.75, 3.05) is 6.61 Å². The second-order valence-electron chi connectivity index (χ2n) is 4.63. The summed E-state index contributed by atoms with van der Waals surface area (Å²) in [6.45, 7) is 2.86. The third-order valence-corrected chi connectivity index (χ3v) is 3.00. The standard InChI is InChI=1S/C13H19NO/c1-11-3-5-12(6-4-11)15-10-2-7-13(14)8-9-13/h3-6H,2,7-10,14H2,1H3. The van der Waals surface area contributed by atoms with E-state index >= 15 is 0 Å². The summed E-state index contributed by atoms with van der Waals surface area (Å²) in [7, 11) is 0. The number of benzene rings is 1. The molecule has 1 aromatic rings. The monoisotopic (exact) mass is 205 g/mol. The minimum absolute atomic E-state index is 0.163. The molecular formula is C13H19NO. The molecule has 0 radical (unpaired) electrons. The van der Waals surface area contributed by atoms with Gasteiger partial charge in [-0.25, -0.2) is 0 Å². The van der Waals surface area contributed by atoms with Gasteiger partial charge in [0.1, 0.15) is 5.75 Å². The van der Waals surface area contributed by atoms with Crippen LogP contribution in [0.15, 0.2) is 24.3 Å². The lowest BCUT2D eigenvalue weighted by molar-refractivity contribution is 0.299. The van der Waals surface area contributed by atoms with Crippen LogP contribution in [0.4, 0.5) is 0 Å².